The van der Waals surface area contributed by atoms with Crippen LogP contribution in [0.5, 0.6) is 0 Å². The van der Waals surface area contributed by atoms with Crippen molar-refractivity contribution < 1.29 is 19.1 Å². The third-order valence-corrected chi connectivity index (χ3v) is 2.76. The molecule has 1 N–H and O–H groups in total. The van der Waals surface area contributed by atoms with Gasteiger partial charge in [0.2, 0.25) is 0 Å². The number of carbonyl (C=O) groups excluding carboxylic acids is 3. The molecule has 0 saturated heterocycles. The third kappa shape index (κ3) is 2.51. The zero-order valence-electron chi connectivity index (χ0n) is 11.0. The van der Waals surface area contributed by atoms with Gasteiger partial charge in [0.25, 0.3) is 0 Å². The minimum Gasteiger partial charge on any atom is -0.453 e. The van der Waals surface area contributed by atoms with E-state index in [4.69, 9.17) is 0 Å². The average molecular weight is 275 g/mol. The normalized spacial score (nSPS) is 10.3. The second kappa shape index (κ2) is 5.52. The monoisotopic (exact) mass is 275 g/mol. The van der Waals surface area contributed by atoms with E-state index in [1.807, 2.05) is 0 Å². The molecule has 7 heteroatoms. The highest BCUT2D eigenvalue weighted by molar-refractivity contribution is 6.06. The number of ketones is 1. The quantitative estimate of drug-likeness (QED) is 0.676. The number of nitrogens with zero attached hydrogens (tertiary/aromatic N) is 2. The van der Waals surface area contributed by atoms with Crippen molar-refractivity contribution in [2.45, 2.75) is 13.5 Å². The van der Waals surface area contributed by atoms with Crippen molar-refractivity contribution >= 4 is 34.8 Å². The number of hydrogen-bond donors (Lipinski definition) is 1. The van der Waals surface area contributed by atoms with Crippen LogP contribution in [0.2, 0.25) is 0 Å². The van der Waals surface area contributed by atoms with Crippen LogP contribution >= 0.6 is 0 Å². The van der Waals surface area contributed by atoms with Gasteiger partial charge < -0.3 is 9.53 Å². The van der Waals surface area contributed by atoms with E-state index in [0.29, 0.717) is 22.9 Å². The van der Waals surface area contributed by atoms with Gasteiger partial charge in [-0.05, 0) is 18.2 Å². The topological polar surface area (TPSA) is 90.3 Å². The molecule has 0 aliphatic carbocycles. The molecule has 20 heavy (non-hydrogen) atoms. The largest absolute Gasteiger partial charge is 0.453 e. The van der Waals surface area contributed by atoms with Crippen molar-refractivity contribution in [3.8, 4) is 0 Å². The lowest BCUT2D eigenvalue weighted by molar-refractivity contribution is -0.108. The molecule has 104 valence electrons. The molecule has 0 bridgehead atoms. The van der Waals surface area contributed by atoms with Crippen LogP contribution in [0, 0.1) is 0 Å². The minimum atomic E-state index is -0.603. The van der Waals surface area contributed by atoms with Crippen LogP contribution in [0.3, 0.4) is 0 Å². The van der Waals surface area contributed by atoms with Crippen LogP contribution < -0.4 is 5.32 Å². The Morgan fingerprint density at radius 3 is 2.80 bits per heavy atom. The molecule has 0 aliphatic rings. The highest BCUT2D eigenvalue weighted by Gasteiger charge is 2.15. The van der Waals surface area contributed by atoms with E-state index in [9.17, 15) is 14.4 Å². The Hall–Kier alpha value is -2.70. The molecule has 0 fully saturated rings. The number of aldehydes is 1. The lowest BCUT2D eigenvalue weighted by atomic mass is 10.1. The number of nitrogens with one attached hydrogen (secondary N) is 1. The lowest BCUT2D eigenvalue weighted by Gasteiger charge is -2.04. The van der Waals surface area contributed by atoms with Crippen molar-refractivity contribution in [1.82, 2.24) is 9.78 Å². The molecule has 0 unspecified atom stereocenters. The molecule has 2 aromatic rings. The molecule has 0 aliphatic heterocycles. The van der Waals surface area contributed by atoms with Crippen LogP contribution in [0.1, 0.15) is 17.4 Å². The number of benzene rings is 1. The maximum absolute atomic E-state index is 11.6. The minimum absolute atomic E-state index is 0.0631. The van der Waals surface area contributed by atoms with Gasteiger partial charge >= 0.3 is 6.09 Å². The van der Waals surface area contributed by atoms with Crippen LogP contribution in [0.4, 0.5) is 10.5 Å². The number of Topliss-reactive ketones (excluding diaryl/α,β-unsaturated/α-hetero) is 1. The average Bonchev–Trinajstić information content (AvgIpc) is 2.77. The summed E-state index contributed by atoms with van der Waals surface area (Å²) in [5.74, 6) is -0.213. The third-order valence-electron chi connectivity index (χ3n) is 2.76. The van der Waals surface area contributed by atoms with E-state index >= 15 is 0 Å². The summed E-state index contributed by atoms with van der Waals surface area (Å²) in [7, 11) is 1.26. The van der Waals surface area contributed by atoms with Gasteiger partial charge in [-0.1, -0.05) is 0 Å². The lowest BCUT2D eigenvalue weighted by Crippen LogP contribution is -2.10. The molecule has 1 amide bonds. The molecule has 0 radical (unpaired) electrons. The Morgan fingerprint density at radius 1 is 1.45 bits per heavy atom. The highest BCUT2D eigenvalue weighted by Crippen LogP contribution is 2.23. The fourth-order valence-corrected chi connectivity index (χ4v) is 1.90. The van der Waals surface area contributed by atoms with Gasteiger partial charge in [-0.3, -0.25) is 14.8 Å². The molecule has 0 spiro atoms. The first-order valence-corrected chi connectivity index (χ1v) is 5.87. The van der Waals surface area contributed by atoms with Gasteiger partial charge in [0.1, 0.15) is 12.0 Å². The SMILES string of the molecule is COC(=O)Nc1ccc2c(c1)c(C(C)=O)nn2CC=O. The summed E-state index contributed by atoms with van der Waals surface area (Å²) >= 11 is 0. The molecule has 2 rings (SSSR count). The number of methoxy groups -OCH3 is 1. The van der Waals surface area contributed by atoms with Gasteiger partial charge in [0, 0.05) is 18.0 Å². The van der Waals surface area contributed by atoms with Crippen LogP contribution in [-0.2, 0) is 16.1 Å². The predicted octanol–water partition coefficient (Wildman–Crippen LogP) is 1.62. The standard InChI is InChI=1S/C13H13N3O4/c1-8(18)12-10-7-9(14-13(19)20-2)3-4-11(10)16(15-12)5-6-17/h3-4,6-7H,5H2,1-2H3,(H,14,19). The van der Waals surface area contributed by atoms with E-state index in [1.165, 1.54) is 18.7 Å². The number of fused-ring (bicyclic) bond motifs is 1. The summed E-state index contributed by atoms with van der Waals surface area (Å²) in [4.78, 5) is 33.4. The number of amides is 1. The van der Waals surface area contributed by atoms with Crippen molar-refractivity contribution in [3.05, 3.63) is 23.9 Å². The first-order chi connectivity index (χ1) is 9.56. The first-order valence-electron chi connectivity index (χ1n) is 5.87. The van der Waals surface area contributed by atoms with E-state index < -0.39 is 6.09 Å². The summed E-state index contributed by atoms with van der Waals surface area (Å²) in [5, 5.41) is 7.20. The maximum atomic E-state index is 11.6. The molecular weight excluding hydrogens is 262 g/mol. The number of ether oxygens (including phenoxy) is 1. The van der Waals surface area contributed by atoms with E-state index in [-0.39, 0.29) is 18.0 Å². The van der Waals surface area contributed by atoms with Crippen LogP contribution in [-0.4, -0.2) is 35.1 Å². The number of aromatic nitrogens is 2. The Labute approximate surface area is 114 Å². The Balaban J connectivity index is 2.54. The zero-order valence-corrected chi connectivity index (χ0v) is 11.0. The first kappa shape index (κ1) is 13.7. The van der Waals surface area contributed by atoms with Gasteiger partial charge in [0.05, 0.1) is 19.2 Å². The fraction of sp³-hybridized carbons (Fsp3) is 0.231. The van der Waals surface area contributed by atoms with Gasteiger partial charge in [-0.2, -0.15) is 5.10 Å². The summed E-state index contributed by atoms with van der Waals surface area (Å²) in [5.41, 5.74) is 1.39. The summed E-state index contributed by atoms with van der Waals surface area (Å²) in [6.07, 6.45) is 0.103. The Bertz CT molecular complexity index is 690. The molecule has 0 atom stereocenters. The number of anilines is 1. The summed E-state index contributed by atoms with van der Waals surface area (Å²) < 4.78 is 5.95. The Morgan fingerprint density at radius 2 is 2.20 bits per heavy atom. The highest BCUT2D eigenvalue weighted by atomic mass is 16.5. The Kier molecular flexibility index (Phi) is 3.79. The maximum Gasteiger partial charge on any atom is 0.411 e. The fourth-order valence-electron chi connectivity index (χ4n) is 1.90. The summed E-state index contributed by atoms with van der Waals surface area (Å²) in [6, 6.07) is 4.95. The molecule has 7 nitrogen and oxygen atoms in total. The molecule has 1 heterocycles. The second-order valence-electron chi connectivity index (χ2n) is 4.10. The van der Waals surface area contributed by atoms with E-state index in [1.54, 1.807) is 18.2 Å². The molecular formula is C13H13N3O4. The van der Waals surface area contributed by atoms with Crippen molar-refractivity contribution in [3.63, 3.8) is 0 Å². The zero-order chi connectivity index (χ0) is 14.7. The second-order valence-corrected chi connectivity index (χ2v) is 4.10. The smallest absolute Gasteiger partial charge is 0.411 e. The van der Waals surface area contributed by atoms with E-state index in [2.05, 4.69) is 15.2 Å². The van der Waals surface area contributed by atoms with Crippen LogP contribution in [0.25, 0.3) is 10.9 Å². The predicted molar refractivity (Wildman–Crippen MR) is 71.8 cm³/mol. The van der Waals surface area contributed by atoms with Crippen molar-refractivity contribution in [2.24, 2.45) is 0 Å². The number of carbonyl (C=O) groups is 3. The number of hydrogen-bond acceptors (Lipinski definition) is 5. The van der Waals surface area contributed by atoms with Crippen molar-refractivity contribution in [2.75, 3.05) is 12.4 Å². The van der Waals surface area contributed by atoms with E-state index in [0.717, 1.165) is 0 Å². The summed E-state index contributed by atoms with van der Waals surface area (Å²) in [6.45, 7) is 1.46. The number of rotatable bonds is 4. The molecule has 1 aromatic heterocycles. The van der Waals surface area contributed by atoms with Crippen molar-refractivity contribution in [1.29, 1.82) is 0 Å². The van der Waals surface area contributed by atoms with Gasteiger partial charge in [-0.15, -0.1) is 0 Å². The molecule has 0 saturated carbocycles. The molecule has 1 aromatic carbocycles. The van der Waals surface area contributed by atoms with Gasteiger partial charge in [0.15, 0.2) is 5.78 Å². The van der Waals surface area contributed by atoms with Gasteiger partial charge in [-0.25, -0.2) is 4.79 Å². The van der Waals surface area contributed by atoms with Crippen LogP contribution in [0.15, 0.2) is 18.2 Å².